The lowest BCUT2D eigenvalue weighted by Crippen LogP contribution is -2.30. The minimum Gasteiger partial charge on any atom is -0.462 e. The lowest BCUT2D eigenvalue weighted by Gasteiger charge is -2.18. The monoisotopic (exact) mass is 833 g/mol. The van der Waals surface area contributed by atoms with Crippen LogP contribution in [0.1, 0.15) is 290 Å². The van der Waals surface area contributed by atoms with Crippen molar-refractivity contribution in [3.05, 3.63) is 12.2 Å². The second-order valence-corrected chi connectivity index (χ2v) is 17.8. The molecule has 0 aliphatic carbocycles. The Kier molecular flexibility index (Phi) is 47.3. The Morgan fingerprint density at radius 1 is 0.322 bits per heavy atom. The van der Waals surface area contributed by atoms with Crippen LogP contribution in [0.25, 0.3) is 0 Å². The van der Waals surface area contributed by atoms with Crippen LogP contribution in [0.3, 0.4) is 0 Å². The molecular weight excluding hydrogens is 733 g/mol. The van der Waals surface area contributed by atoms with E-state index in [1.54, 1.807) is 0 Å². The van der Waals surface area contributed by atoms with Gasteiger partial charge in [0, 0.05) is 19.3 Å². The van der Waals surface area contributed by atoms with Gasteiger partial charge in [-0.05, 0) is 44.9 Å². The summed E-state index contributed by atoms with van der Waals surface area (Å²) in [6, 6.07) is 0. The molecule has 0 radical (unpaired) electrons. The van der Waals surface area contributed by atoms with Crippen molar-refractivity contribution in [3.8, 4) is 0 Å². The van der Waals surface area contributed by atoms with E-state index in [1.807, 2.05) is 0 Å². The van der Waals surface area contributed by atoms with Gasteiger partial charge in [-0.25, -0.2) is 0 Å². The lowest BCUT2D eigenvalue weighted by molar-refractivity contribution is -0.167. The molecule has 6 nitrogen and oxygen atoms in total. The molecule has 0 amide bonds. The molecule has 348 valence electrons. The Labute approximate surface area is 367 Å². The van der Waals surface area contributed by atoms with Gasteiger partial charge in [0.25, 0.3) is 0 Å². The summed E-state index contributed by atoms with van der Waals surface area (Å²) < 4.78 is 16.8. The Bertz CT molecular complexity index is 916. The predicted octanol–water partition coefficient (Wildman–Crippen LogP) is 17.0. The highest BCUT2D eigenvalue weighted by atomic mass is 16.6. The standard InChI is InChI=1S/C53H100O6/c1-4-7-10-13-16-19-22-25-26-29-31-34-37-40-43-46-52(55)58-49-50(59-53(56)47-44-41-38-35-32-28-24-21-18-15-12-9-6-3)48-57-51(54)45-42-39-36-33-30-27-23-20-17-14-11-8-5-2/h19,22,50H,4-18,20-21,23-49H2,1-3H3/t50-/m1/s1. The number of allylic oxidation sites excluding steroid dienone is 2. The quantitative estimate of drug-likeness (QED) is 0.0263. The molecule has 0 saturated heterocycles. The van der Waals surface area contributed by atoms with Gasteiger partial charge in [-0.3, -0.25) is 14.4 Å². The molecule has 0 unspecified atom stereocenters. The molecule has 6 heteroatoms. The molecule has 0 saturated carbocycles. The summed E-state index contributed by atoms with van der Waals surface area (Å²) >= 11 is 0. The van der Waals surface area contributed by atoms with Crippen LogP contribution in [0.4, 0.5) is 0 Å². The third-order valence-electron chi connectivity index (χ3n) is 11.8. The van der Waals surface area contributed by atoms with Gasteiger partial charge in [0.2, 0.25) is 0 Å². The highest BCUT2D eigenvalue weighted by Crippen LogP contribution is 2.16. The van der Waals surface area contributed by atoms with Crippen LogP contribution in [-0.2, 0) is 28.6 Å². The van der Waals surface area contributed by atoms with Gasteiger partial charge < -0.3 is 14.2 Å². The first-order valence-corrected chi connectivity index (χ1v) is 26.2. The summed E-state index contributed by atoms with van der Waals surface area (Å²) in [6.45, 7) is 6.65. The average molecular weight is 833 g/mol. The summed E-state index contributed by atoms with van der Waals surface area (Å²) in [7, 11) is 0. The van der Waals surface area contributed by atoms with Crippen LogP contribution < -0.4 is 0 Å². The molecule has 0 aromatic heterocycles. The number of esters is 3. The molecule has 0 bridgehead atoms. The van der Waals surface area contributed by atoms with Gasteiger partial charge in [-0.2, -0.15) is 0 Å². The Hall–Kier alpha value is -1.85. The fourth-order valence-electron chi connectivity index (χ4n) is 7.79. The third-order valence-corrected chi connectivity index (χ3v) is 11.8. The van der Waals surface area contributed by atoms with Gasteiger partial charge >= 0.3 is 17.9 Å². The van der Waals surface area contributed by atoms with E-state index in [9.17, 15) is 14.4 Å². The van der Waals surface area contributed by atoms with E-state index in [0.29, 0.717) is 19.3 Å². The predicted molar refractivity (Wildman–Crippen MR) is 252 cm³/mol. The number of carbonyl (C=O) groups is 3. The minimum absolute atomic E-state index is 0.0658. The maximum absolute atomic E-state index is 12.8. The first kappa shape index (κ1) is 57.1. The zero-order chi connectivity index (χ0) is 43.0. The van der Waals surface area contributed by atoms with Gasteiger partial charge in [-0.15, -0.1) is 0 Å². The zero-order valence-corrected chi connectivity index (χ0v) is 39.8. The average Bonchev–Trinajstić information content (AvgIpc) is 3.23. The summed E-state index contributed by atoms with van der Waals surface area (Å²) in [6.07, 6.45) is 53.3. The first-order chi connectivity index (χ1) is 29.0. The maximum Gasteiger partial charge on any atom is 0.306 e. The van der Waals surface area contributed by atoms with E-state index in [0.717, 1.165) is 57.8 Å². The zero-order valence-electron chi connectivity index (χ0n) is 39.8. The Balaban J connectivity index is 4.32. The molecule has 0 aromatic carbocycles. The van der Waals surface area contributed by atoms with Crippen LogP contribution in [0.2, 0.25) is 0 Å². The van der Waals surface area contributed by atoms with E-state index in [2.05, 4.69) is 32.9 Å². The molecule has 59 heavy (non-hydrogen) atoms. The van der Waals surface area contributed by atoms with Crippen molar-refractivity contribution in [2.45, 2.75) is 297 Å². The summed E-state index contributed by atoms with van der Waals surface area (Å²) in [5.74, 6) is -0.853. The number of unbranched alkanes of at least 4 members (excludes halogenated alkanes) is 35. The number of ether oxygens (including phenoxy) is 3. The lowest BCUT2D eigenvalue weighted by atomic mass is 10.0. The molecule has 0 fully saturated rings. The highest BCUT2D eigenvalue weighted by molar-refractivity contribution is 5.71. The van der Waals surface area contributed by atoms with Crippen LogP contribution in [0, 0.1) is 0 Å². The fourth-order valence-corrected chi connectivity index (χ4v) is 7.79. The molecule has 0 heterocycles. The molecule has 0 N–H and O–H groups in total. The minimum atomic E-state index is -0.764. The Morgan fingerprint density at radius 2 is 0.559 bits per heavy atom. The van der Waals surface area contributed by atoms with E-state index >= 15 is 0 Å². The summed E-state index contributed by atoms with van der Waals surface area (Å²) in [5, 5.41) is 0. The van der Waals surface area contributed by atoms with Crippen molar-refractivity contribution >= 4 is 17.9 Å². The highest BCUT2D eigenvalue weighted by Gasteiger charge is 2.19. The fraction of sp³-hybridized carbons (Fsp3) is 0.906. The summed E-state index contributed by atoms with van der Waals surface area (Å²) in [5.41, 5.74) is 0. The molecule has 0 aliphatic rings. The molecule has 0 aliphatic heterocycles. The van der Waals surface area contributed by atoms with Crippen molar-refractivity contribution in [2.75, 3.05) is 13.2 Å². The van der Waals surface area contributed by atoms with E-state index in [1.165, 1.54) is 193 Å². The smallest absolute Gasteiger partial charge is 0.306 e. The third kappa shape index (κ3) is 47.1. The van der Waals surface area contributed by atoms with Crippen molar-refractivity contribution < 1.29 is 28.6 Å². The number of carbonyl (C=O) groups excluding carboxylic acids is 3. The largest absolute Gasteiger partial charge is 0.462 e. The number of rotatable bonds is 48. The van der Waals surface area contributed by atoms with Crippen molar-refractivity contribution in [3.63, 3.8) is 0 Å². The van der Waals surface area contributed by atoms with Crippen LogP contribution in [0.15, 0.2) is 12.2 Å². The second-order valence-electron chi connectivity index (χ2n) is 17.8. The van der Waals surface area contributed by atoms with Gasteiger partial charge in [0.05, 0.1) is 0 Å². The van der Waals surface area contributed by atoms with Crippen molar-refractivity contribution in [2.24, 2.45) is 0 Å². The number of hydrogen-bond donors (Lipinski definition) is 0. The van der Waals surface area contributed by atoms with E-state index < -0.39 is 6.10 Å². The van der Waals surface area contributed by atoms with E-state index in [4.69, 9.17) is 14.2 Å². The van der Waals surface area contributed by atoms with Crippen molar-refractivity contribution in [1.82, 2.24) is 0 Å². The molecule has 0 aromatic rings. The van der Waals surface area contributed by atoms with Crippen LogP contribution >= 0.6 is 0 Å². The molecule has 0 rings (SSSR count). The topological polar surface area (TPSA) is 78.9 Å². The number of hydrogen-bond acceptors (Lipinski definition) is 6. The van der Waals surface area contributed by atoms with Crippen LogP contribution in [0.5, 0.6) is 0 Å². The van der Waals surface area contributed by atoms with Gasteiger partial charge in [0.15, 0.2) is 6.10 Å². The molecule has 1 atom stereocenters. The Morgan fingerprint density at radius 3 is 0.864 bits per heavy atom. The summed E-state index contributed by atoms with van der Waals surface area (Å²) in [4.78, 5) is 37.9. The molecule has 0 spiro atoms. The van der Waals surface area contributed by atoms with Crippen molar-refractivity contribution in [1.29, 1.82) is 0 Å². The van der Waals surface area contributed by atoms with Gasteiger partial charge in [0.1, 0.15) is 13.2 Å². The molecular formula is C53H100O6. The van der Waals surface area contributed by atoms with Crippen LogP contribution in [-0.4, -0.2) is 37.2 Å². The first-order valence-electron chi connectivity index (χ1n) is 26.2. The normalized spacial score (nSPS) is 12.0. The maximum atomic E-state index is 12.8. The SMILES string of the molecule is CCCCCCC=CCCCCCCCCCC(=O)OC[C@@H](COC(=O)CCCCCCCCCCCCCCC)OC(=O)CCCCCCCCCCCCCCC. The second kappa shape index (κ2) is 48.8. The van der Waals surface area contributed by atoms with E-state index in [-0.39, 0.29) is 31.1 Å². The van der Waals surface area contributed by atoms with Gasteiger partial charge in [-0.1, -0.05) is 238 Å².